The van der Waals surface area contributed by atoms with Gasteiger partial charge in [0.2, 0.25) is 10.0 Å². The number of hydrogen-bond acceptors (Lipinski definition) is 8. The minimum absolute atomic E-state index is 0.133. The molecule has 0 atom stereocenters. The average molecular weight is 509 g/mol. The van der Waals surface area contributed by atoms with Gasteiger partial charge in [-0.15, -0.1) is 0 Å². The molecule has 11 heteroatoms. The van der Waals surface area contributed by atoms with Crippen molar-refractivity contribution < 1.29 is 17.9 Å². The van der Waals surface area contributed by atoms with Gasteiger partial charge in [-0.1, -0.05) is 19.9 Å². The minimum atomic E-state index is -3.52. The topological polar surface area (TPSA) is 121 Å². The third kappa shape index (κ3) is 4.13. The normalized spacial score (nSPS) is 13.7. The quantitative estimate of drug-likeness (QED) is 0.361. The second-order valence-electron chi connectivity index (χ2n) is 8.53. The van der Waals surface area contributed by atoms with Crippen molar-refractivity contribution in [2.75, 3.05) is 18.9 Å². The van der Waals surface area contributed by atoms with E-state index in [1.54, 1.807) is 20.4 Å². The Labute approximate surface area is 209 Å². The highest BCUT2D eigenvalue weighted by atomic mass is 32.2. The molecule has 3 aromatic heterocycles. The number of pyridine rings is 1. The number of ether oxygens (including phenoxy) is 2. The summed E-state index contributed by atoms with van der Waals surface area (Å²) in [4.78, 5) is 18.6. The molecule has 3 heterocycles. The van der Waals surface area contributed by atoms with Crippen LogP contribution in [0.4, 0.5) is 5.82 Å². The maximum absolute atomic E-state index is 12.6. The second-order valence-corrected chi connectivity index (χ2v) is 10.5. The summed E-state index contributed by atoms with van der Waals surface area (Å²) in [5.74, 6) is 1.80. The van der Waals surface area contributed by atoms with Gasteiger partial charge in [-0.2, -0.15) is 0 Å². The molecule has 0 radical (unpaired) electrons. The lowest BCUT2D eigenvalue weighted by Gasteiger charge is -2.18. The molecule has 0 spiro atoms. The lowest BCUT2D eigenvalue weighted by molar-refractivity contribution is 0.391. The highest BCUT2D eigenvalue weighted by Crippen LogP contribution is 2.39. The zero-order chi connectivity index (χ0) is 25.4. The fourth-order valence-electron chi connectivity index (χ4n) is 4.33. The molecule has 1 N–H and O–H groups in total. The number of nitrogens with one attached hydrogen (secondary N) is 1. The van der Waals surface area contributed by atoms with E-state index in [4.69, 9.17) is 14.5 Å². The summed E-state index contributed by atoms with van der Waals surface area (Å²) in [6, 6.07) is 7.46. The third-order valence-electron chi connectivity index (χ3n) is 6.26. The first-order valence-electron chi connectivity index (χ1n) is 11.9. The van der Waals surface area contributed by atoms with Gasteiger partial charge >= 0.3 is 0 Å². The number of anilines is 1. The molecular weight excluding hydrogens is 480 g/mol. The van der Waals surface area contributed by atoms with E-state index in [0.29, 0.717) is 53.6 Å². The number of para-hydroxylation sites is 1. The van der Waals surface area contributed by atoms with E-state index >= 15 is 0 Å². The standard InChI is InChI=1S/C25H28N6O4S/c1-5-15-12-13-26-17(6-2)21(15)24-29-23-25(28-20(14-27-23)30-36(32,33)16-10-11-16)31(24)22-18(34-3)8-7-9-19(22)35-4/h7-9,12-14,16H,5-6,10-11H2,1-4H3,(H,28,30). The van der Waals surface area contributed by atoms with Gasteiger partial charge in [0.15, 0.2) is 22.9 Å². The number of nitrogens with zero attached hydrogens (tertiary/aromatic N) is 5. The summed E-state index contributed by atoms with van der Waals surface area (Å²) in [6.07, 6.45) is 5.96. The van der Waals surface area contributed by atoms with Gasteiger partial charge in [-0.05, 0) is 49.4 Å². The van der Waals surface area contributed by atoms with E-state index < -0.39 is 10.0 Å². The number of imidazole rings is 1. The Morgan fingerprint density at radius 2 is 1.75 bits per heavy atom. The maximum Gasteiger partial charge on any atom is 0.236 e. The Bertz CT molecular complexity index is 1500. The molecule has 1 aliphatic carbocycles. The molecule has 0 amide bonds. The number of methoxy groups -OCH3 is 2. The van der Waals surface area contributed by atoms with E-state index in [-0.39, 0.29) is 11.1 Å². The van der Waals surface area contributed by atoms with Crippen molar-refractivity contribution in [1.82, 2.24) is 24.5 Å². The fourth-order valence-corrected chi connectivity index (χ4v) is 5.64. The van der Waals surface area contributed by atoms with E-state index in [2.05, 4.69) is 26.6 Å². The van der Waals surface area contributed by atoms with Crippen molar-refractivity contribution in [2.24, 2.45) is 0 Å². The van der Waals surface area contributed by atoms with Gasteiger partial charge in [0, 0.05) is 11.8 Å². The van der Waals surface area contributed by atoms with Crippen molar-refractivity contribution >= 4 is 27.1 Å². The number of fused-ring (bicyclic) bond motifs is 1. The van der Waals surface area contributed by atoms with Crippen LogP contribution in [-0.2, 0) is 22.9 Å². The van der Waals surface area contributed by atoms with Crippen LogP contribution in [0.25, 0.3) is 28.4 Å². The van der Waals surface area contributed by atoms with Crippen molar-refractivity contribution in [2.45, 2.75) is 44.8 Å². The molecule has 0 bridgehead atoms. The van der Waals surface area contributed by atoms with Crippen LogP contribution < -0.4 is 14.2 Å². The van der Waals surface area contributed by atoms with Gasteiger partial charge in [-0.25, -0.2) is 23.4 Å². The lowest BCUT2D eigenvalue weighted by Crippen LogP contribution is -2.18. The Hall–Kier alpha value is -3.73. The van der Waals surface area contributed by atoms with Crippen LogP contribution in [0.1, 0.15) is 37.9 Å². The second kappa shape index (κ2) is 9.38. The Kier molecular flexibility index (Phi) is 6.25. The number of sulfonamides is 1. The average Bonchev–Trinajstić information content (AvgIpc) is 3.70. The van der Waals surface area contributed by atoms with Gasteiger partial charge in [0.1, 0.15) is 17.2 Å². The number of aromatic nitrogens is 5. The number of rotatable bonds is 9. The summed E-state index contributed by atoms with van der Waals surface area (Å²) < 4.78 is 41.0. The van der Waals surface area contributed by atoms with Gasteiger partial charge in [0.25, 0.3) is 0 Å². The van der Waals surface area contributed by atoms with Crippen LogP contribution in [-0.4, -0.2) is 52.4 Å². The van der Waals surface area contributed by atoms with Crippen LogP contribution in [0.2, 0.25) is 0 Å². The molecule has 1 fully saturated rings. The third-order valence-corrected chi connectivity index (χ3v) is 8.10. The summed E-state index contributed by atoms with van der Waals surface area (Å²) >= 11 is 0. The fraction of sp³-hybridized carbons (Fsp3) is 0.360. The first-order valence-corrected chi connectivity index (χ1v) is 13.4. The predicted octanol–water partition coefficient (Wildman–Crippen LogP) is 3.92. The zero-order valence-electron chi connectivity index (χ0n) is 20.6. The summed E-state index contributed by atoms with van der Waals surface area (Å²) in [6.45, 7) is 4.12. The Balaban J connectivity index is 1.84. The smallest absolute Gasteiger partial charge is 0.236 e. The predicted molar refractivity (Wildman–Crippen MR) is 137 cm³/mol. The molecule has 1 saturated carbocycles. The molecule has 0 saturated heterocycles. The van der Waals surface area contributed by atoms with Gasteiger partial charge in [0.05, 0.1) is 31.4 Å². The van der Waals surface area contributed by atoms with E-state index in [9.17, 15) is 8.42 Å². The summed E-state index contributed by atoms with van der Waals surface area (Å²) in [5, 5.41) is -0.389. The Morgan fingerprint density at radius 3 is 2.36 bits per heavy atom. The summed E-state index contributed by atoms with van der Waals surface area (Å²) in [7, 11) is -0.360. The van der Waals surface area contributed by atoms with Crippen LogP contribution in [0.3, 0.4) is 0 Å². The molecule has 36 heavy (non-hydrogen) atoms. The molecule has 0 aliphatic heterocycles. The number of aryl methyl sites for hydroxylation is 2. The van der Waals surface area contributed by atoms with Crippen molar-refractivity contribution in [3.63, 3.8) is 0 Å². The zero-order valence-corrected chi connectivity index (χ0v) is 21.5. The molecule has 4 aromatic rings. The van der Waals surface area contributed by atoms with Crippen LogP contribution in [0.15, 0.2) is 36.7 Å². The molecule has 1 aromatic carbocycles. The first kappa shape index (κ1) is 24.0. The van der Waals surface area contributed by atoms with Crippen molar-refractivity contribution in [3.05, 3.63) is 47.9 Å². The highest BCUT2D eigenvalue weighted by Gasteiger charge is 2.36. The molecule has 1 aliphatic rings. The molecule has 0 unspecified atom stereocenters. The molecule has 10 nitrogen and oxygen atoms in total. The van der Waals surface area contributed by atoms with Crippen LogP contribution in [0.5, 0.6) is 11.5 Å². The van der Waals surface area contributed by atoms with E-state index in [1.165, 1.54) is 6.20 Å². The highest BCUT2D eigenvalue weighted by molar-refractivity contribution is 7.93. The van der Waals surface area contributed by atoms with Crippen molar-refractivity contribution in [1.29, 1.82) is 0 Å². The molecule has 5 rings (SSSR count). The summed E-state index contributed by atoms with van der Waals surface area (Å²) in [5.41, 5.74) is 4.16. The van der Waals surface area contributed by atoms with Crippen LogP contribution in [0, 0.1) is 0 Å². The molecular formula is C25H28N6O4S. The van der Waals surface area contributed by atoms with Gasteiger partial charge < -0.3 is 9.47 Å². The van der Waals surface area contributed by atoms with Crippen LogP contribution >= 0.6 is 0 Å². The monoisotopic (exact) mass is 508 g/mol. The lowest BCUT2D eigenvalue weighted by atomic mass is 10.0. The number of hydrogen-bond donors (Lipinski definition) is 1. The first-order chi connectivity index (χ1) is 17.4. The van der Waals surface area contributed by atoms with E-state index in [1.807, 2.05) is 35.8 Å². The number of benzene rings is 1. The maximum atomic E-state index is 12.6. The minimum Gasteiger partial charge on any atom is -0.494 e. The Morgan fingerprint density at radius 1 is 1.03 bits per heavy atom. The SMILES string of the molecule is CCc1ccnc(CC)c1-c1nc2ncc(NS(=O)(=O)C3CC3)nc2n1-c1c(OC)cccc1OC. The van der Waals surface area contributed by atoms with Crippen molar-refractivity contribution in [3.8, 4) is 28.6 Å². The van der Waals surface area contributed by atoms with Gasteiger partial charge in [-0.3, -0.25) is 14.3 Å². The molecule has 188 valence electrons. The van der Waals surface area contributed by atoms with E-state index in [0.717, 1.165) is 23.2 Å². The largest absolute Gasteiger partial charge is 0.494 e.